The molecule has 0 aromatic heterocycles. The molecule has 2 aliphatic rings. The minimum Gasteiger partial charge on any atom is -0.445 e. The zero-order valence-corrected chi connectivity index (χ0v) is 10.3. The van der Waals surface area contributed by atoms with Crippen LogP contribution in [-0.4, -0.2) is 5.97 Å². The molecule has 1 fully saturated rings. The fourth-order valence-electron chi connectivity index (χ4n) is 3.22. The summed E-state index contributed by atoms with van der Waals surface area (Å²) in [6.45, 7) is 3.83. The molecule has 1 aliphatic heterocycles. The van der Waals surface area contributed by atoms with Gasteiger partial charge in [-0.1, -0.05) is 55.1 Å². The van der Waals surface area contributed by atoms with Crippen molar-refractivity contribution in [2.45, 2.75) is 12.0 Å². The van der Waals surface area contributed by atoms with Gasteiger partial charge in [0.2, 0.25) is 0 Å². The van der Waals surface area contributed by atoms with Gasteiger partial charge in [-0.3, -0.25) is 0 Å². The maximum Gasteiger partial charge on any atom is 0.334 e. The van der Waals surface area contributed by atoms with Gasteiger partial charge in [-0.15, -0.1) is 0 Å². The number of carbonyl (C=O) groups is 1. The maximum absolute atomic E-state index is 11.8. The van der Waals surface area contributed by atoms with Crippen molar-refractivity contribution in [3.8, 4) is 11.1 Å². The number of hydrogen-bond donors (Lipinski definition) is 0. The molecular weight excluding hydrogens is 236 g/mol. The van der Waals surface area contributed by atoms with E-state index in [1.165, 1.54) is 0 Å². The number of esters is 1. The van der Waals surface area contributed by atoms with Gasteiger partial charge in [-0.2, -0.15) is 0 Å². The molecule has 0 amide bonds. The van der Waals surface area contributed by atoms with Crippen LogP contribution >= 0.6 is 0 Å². The van der Waals surface area contributed by atoms with E-state index in [2.05, 4.69) is 18.7 Å². The molecule has 0 saturated carbocycles. The number of hydrogen-bond acceptors (Lipinski definition) is 2. The average Bonchev–Trinajstić information content (AvgIpc) is 2.89. The summed E-state index contributed by atoms with van der Waals surface area (Å²) in [4.78, 5) is 11.8. The van der Waals surface area contributed by atoms with Gasteiger partial charge in [0.25, 0.3) is 0 Å². The Balaban J connectivity index is 2.07. The lowest BCUT2D eigenvalue weighted by Gasteiger charge is -2.24. The molecule has 0 radical (unpaired) electrons. The van der Waals surface area contributed by atoms with Crippen molar-refractivity contribution in [3.05, 3.63) is 71.8 Å². The van der Waals surface area contributed by atoms with E-state index in [4.69, 9.17) is 4.74 Å². The fraction of sp³-hybridized carbons (Fsp3) is 0.118. The van der Waals surface area contributed by atoms with Gasteiger partial charge in [0.05, 0.1) is 0 Å². The Morgan fingerprint density at radius 3 is 1.95 bits per heavy atom. The highest BCUT2D eigenvalue weighted by molar-refractivity contribution is 5.94. The molecular formula is C17H12O2. The van der Waals surface area contributed by atoms with Gasteiger partial charge < -0.3 is 4.74 Å². The third-order valence-corrected chi connectivity index (χ3v) is 4.03. The minimum atomic E-state index is -0.651. The standard InChI is InChI=1S/C17H12O2/c1-11-10-17(19-16(11)18)14-8-4-2-6-12(14)13-7-3-5-9-15(13)17/h2-9H,1,10H2. The van der Waals surface area contributed by atoms with Gasteiger partial charge in [0.15, 0.2) is 5.60 Å². The van der Waals surface area contributed by atoms with E-state index in [1.54, 1.807) is 0 Å². The lowest BCUT2D eigenvalue weighted by atomic mass is 9.87. The second kappa shape index (κ2) is 3.35. The van der Waals surface area contributed by atoms with Crippen LogP contribution < -0.4 is 0 Å². The van der Waals surface area contributed by atoms with Crippen LogP contribution in [0.3, 0.4) is 0 Å². The summed E-state index contributed by atoms with van der Waals surface area (Å²) in [5.74, 6) is -0.286. The molecule has 2 aromatic carbocycles. The van der Waals surface area contributed by atoms with Crippen molar-refractivity contribution in [2.75, 3.05) is 0 Å². The molecule has 1 heterocycles. The zero-order chi connectivity index (χ0) is 13.0. The van der Waals surface area contributed by atoms with Crippen molar-refractivity contribution < 1.29 is 9.53 Å². The molecule has 4 rings (SSSR count). The van der Waals surface area contributed by atoms with Crippen LogP contribution in [0.15, 0.2) is 60.7 Å². The number of benzene rings is 2. The molecule has 0 bridgehead atoms. The first kappa shape index (κ1) is 10.6. The Bertz CT molecular complexity index is 664. The lowest BCUT2D eigenvalue weighted by Crippen LogP contribution is -2.24. The fourth-order valence-corrected chi connectivity index (χ4v) is 3.22. The monoisotopic (exact) mass is 248 g/mol. The molecule has 1 saturated heterocycles. The Morgan fingerprint density at radius 1 is 0.947 bits per heavy atom. The SMILES string of the molecule is C=C1CC2(OC1=O)c1ccccc1-c1ccccc12. The second-order valence-electron chi connectivity index (χ2n) is 5.09. The quantitative estimate of drug-likeness (QED) is 0.527. The van der Waals surface area contributed by atoms with Crippen molar-refractivity contribution in [1.29, 1.82) is 0 Å². The van der Waals surface area contributed by atoms with Crippen LogP contribution in [0.1, 0.15) is 17.5 Å². The second-order valence-corrected chi connectivity index (χ2v) is 5.09. The molecule has 19 heavy (non-hydrogen) atoms. The molecule has 2 nitrogen and oxygen atoms in total. The maximum atomic E-state index is 11.8. The summed E-state index contributed by atoms with van der Waals surface area (Å²) in [7, 11) is 0. The zero-order valence-electron chi connectivity index (χ0n) is 10.3. The van der Waals surface area contributed by atoms with Crippen molar-refractivity contribution in [1.82, 2.24) is 0 Å². The van der Waals surface area contributed by atoms with E-state index < -0.39 is 5.60 Å². The molecule has 1 spiro atoms. The van der Waals surface area contributed by atoms with Crippen LogP contribution in [-0.2, 0) is 15.1 Å². The van der Waals surface area contributed by atoms with E-state index in [9.17, 15) is 4.79 Å². The molecule has 0 unspecified atom stereocenters. The first-order valence-electron chi connectivity index (χ1n) is 6.33. The number of fused-ring (bicyclic) bond motifs is 5. The summed E-state index contributed by atoms with van der Waals surface area (Å²) < 4.78 is 5.74. The highest BCUT2D eigenvalue weighted by Crippen LogP contribution is 2.55. The van der Waals surface area contributed by atoms with Gasteiger partial charge in [-0.25, -0.2) is 4.79 Å². The van der Waals surface area contributed by atoms with Gasteiger partial charge in [0, 0.05) is 23.1 Å². The molecule has 92 valence electrons. The minimum absolute atomic E-state index is 0.286. The molecule has 0 N–H and O–H groups in total. The van der Waals surface area contributed by atoms with E-state index in [-0.39, 0.29) is 5.97 Å². The van der Waals surface area contributed by atoms with E-state index in [0.29, 0.717) is 12.0 Å². The summed E-state index contributed by atoms with van der Waals surface area (Å²) in [5.41, 5.74) is 4.35. The van der Waals surface area contributed by atoms with E-state index in [1.807, 2.05) is 36.4 Å². The molecule has 1 aliphatic carbocycles. The van der Waals surface area contributed by atoms with Crippen LogP contribution in [0, 0.1) is 0 Å². The van der Waals surface area contributed by atoms with Crippen molar-refractivity contribution >= 4 is 5.97 Å². The largest absolute Gasteiger partial charge is 0.445 e. The number of carbonyl (C=O) groups excluding carboxylic acids is 1. The number of ether oxygens (including phenoxy) is 1. The van der Waals surface area contributed by atoms with E-state index >= 15 is 0 Å². The highest BCUT2D eigenvalue weighted by atomic mass is 16.6. The Labute approximate surface area is 111 Å². The Kier molecular flexibility index (Phi) is 1.86. The van der Waals surface area contributed by atoms with Crippen LogP contribution in [0.2, 0.25) is 0 Å². The molecule has 0 atom stereocenters. The molecule has 2 heteroatoms. The highest BCUT2D eigenvalue weighted by Gasteiger charge is 2.51. The normalized spacial score (nSPS) is 18.3. The van der Waals surface area contributed by atoms with Crippen LogP contribution in [0.4, 0.5) is 0 Å². The average molecular weight is 248 g/mol. The summed E-state index contributed by atoms with van der Waals surface area (Å²) in [5, 5.41) is 0. The van der Waals surface area contributed by atoms with Crippen molar-refractivity contribution in [3.63, 3.8) is 0 Å². The van der Waals surface area contributed by atoms with E-state index in [0.717, 1.165) is 22.3 Å². The topological polar surface area (TPSA) is 26.3 Å². The van der Waals surface area contributed by atoms with Gasteiger partial charge in [-0.05, 0) is 11.1 Å². The van der Waals surface area contributed by atoms with Gasteiger partial charge >= 0.3 is 5.97 Å². The predicted octanol–water partition coefficient (Wildman–Crippen LogP) is 3.41. The third kappa shape index (κ3) is 1.18. The predicted molar refractivity (Wildman–Crippen MR) is 72.5 cm³/mol. The Morgan fingerprint density at radius 2 is 1.47 bits per heavy atom. The van der Waals surface area contributed by atoms with Crippen LogP contribution in [0.5, 0.6) is 0 Å². The first-order valence-corrected chi connectivity index (χ1v) is 6.33. The lowest BCUT2D eigenvalue weighted by molar-refractivity contribution is -0.143. The summed E-state index contributed by atoms with van der Waals surface area (Å²) in [6.07, 6.45) is 0.542. The van der Waals surface area contributed by atoms with Crippen LogP contribution in [0.25, 0.3) is 11.1 Å². The van der Waals surface area contributed by atoms with Crippen molar-refractivity contribution in [2.24, 2.45) is 0 Å². The Hall–Kier alpha value is -2.35. The first-order chi connectivity index (χ1) is 9.22. The third-order valence-electron chi connectivity index (χ3n) is 4.03. The van der Waals surface area contributed by atoms with Gasteiger partial charge in [0.1, 0.15) is 0 Å². The summed E-state index contributed by atoms with van der Waals surface area (Å²) in [6, 6.07) is 16.3. The molecule has 2 aromatic rings. The smallest absolute Gasteiger partial charge is 0.334 e. The number of rotatable bonds is 0. The summed E-state index contributed by atoms with van der Waals surface area (Å²) >= 11 is 0.